The highest BCUT2D eigenvalue weighted by molar-refractivity contribution is 14.1. The standard InChI is InChI=1S/C10H7BrINO2/c1-2-15-10(14)7-4-3-6(5-13)8(11)9(7)12/h3-4H,2H2,1H3. The van der Waals surface area contributed by atoms with E-state index in [9.17, 15) is 4.79 Å². The number of nitriles is 1. The zero-order valence-corrected chi connectivity index (χ0v) is 11.6. The second-order valence-electron chi connectivity index (χ2n) is 2.62. The van der Waals surface area contributed by atoms with Gasteiger partial charge in [0.2, 0.25) is 0 Å². The van der Waals surface area contributed by atoms with Crippen molar-refractivity contribution >= 4 is 44.5 Å². The molecule has 0 N–H and O–H groups in total. The van der Waals surface area contributed by atoms with Gasteiger partial charge in [-0.3, -0.25) is 0 Å². The lowest BCUT2D eigenvalue weighted by molar-refractivity contribution is 0.0525. The lowest BCUT2D eigenvalue weighted by Crippen LogP contribution is -2.07. The van der Waals surface area contributed by atoms with Gasteiger partial charge in [-0.15, -0.1) is 0 Å². The van der Waals surface area contributed by atoms with Crippen LogP contribution in [0, 0.1) is 14.9 Å². The van der Waals surface area contributed by atoms with Crippen molar-refractivity contribution in [3.8, 4) is 6.07 Å². The Morgan fingerprint density at radius 2 is 2.33 bits per heavy atom. The summed E-state index contributed by atoms with van der Waals surface area (Å²) in [6, 6.07) is 5.23. The van der Waals surface area contributed by atoms with Gasteiger partial charge < -0.3 is 4.74 Å². The summed E-state index contributed by atoms with van der Waals surface area (Å²) in [5, 5.41) is 8.78. The Balaban J connectivity index is 3.19. The number of rotatable bonds is 2. The van der Waals surface area contributed by atoms with Crippen LogP contribution in [0.1, 0.15) is 22.8 Å². The smallest absolute Gasteiger partial charge is 0.339 e. The topological polar surface area (TPSA) is 50.1 Å². The highest BCUT2D eigenvalue weighted by Crippen LogP contribution is 2.26. The summed E-state index contributed by atoms with van der Waals surface area (Å²) in [6.45, 7) is 2.09. The maximum atomic E-state index is 11.5. The highest BCUT2D eigenvalue weighted by Gasteiger charge is 2.15. The van der Waals surface area contributed by atoms with Gasteiger partial charge in [0.05, 0.1) is 17.7 Å². The molecular weight excluding hydrogens is 373 g/mol. The van der Waals surface area contributed by atoms with Gasteiger partial charge in [0.1, 0.15) is 6.07 Å². The number of halogens is 2. The number of carbonyl (C=O) groups is 1. The Hall–Kier alpha value is -0.610. The quantitative estimate of drug-likeness (QED) is 0.586. The van der Waals surface area contributed by atoms with Crippen molar-refractivity contribution < 1.29 is 9.53 Å². The Kier molecular flexibility index (Phi) is 4.54. The van der Waals surface area contributed by atoms with Crippen molar-refractivity contribution in [2.45, 2.75) is 6.92 Å². The molecule has 0 heterocycles. The lowest BCUT2D eigenvalue weighted by Gasteiger charge is -2.06. The molecule has 15 heavy (non-hydrogen) atoms. The molecule has 1 aromatic rings. The SMILES string of the molecule is CCOC(=O)c1ccc(C#N)c(Br)c1I. The second kappa shape index (κ2) is 5.47. The van der Waals surface area contributed by atoms with E-state index < -0.39 is 0 Å². The summed E-state index contributed by atoms with van der Waals surface area (Å²) in [5.74, 6) is -0.368. The molecule has 0 amide bonds. The van der Waals surface area contributed by atoms with E-state index in [2.05, 4.69) is 15.9 Å². The summed E-state index contributed by atoms with van der Waals surface area (Å²) in [7, 11) is 0. The first-order chi connectivity index (χ1) is 7.11. The highest BCUT2D eigenvalue weighted by atomic mass is 127. The van der Waals surface area contributed by atoms with Gasteiger partial charge in [0.25, 0.3) is 0 Å². The van der Waals surface area contributed by atoms with Crippen molar-refractivity contribution in [2.75, 3.05) is 6.61 Å². The molecule has 0 saturated carbocycles. The van der Waals surface area contributed by atoms with E-state index in [1.165, 1.54) is 0 Å². The molecule has 0 radical (unpaired) electrons. The molecule has 0 aliphatic carbocycles. The number of esters is 1. The fourth-order valence-corrected chi connectivity index (χ4v) is 2.13. The molecule has 0 aromatic heterocycles. The summed E-state index contributed by atoms with van der Waals surface area (Å²) in [6.07, 6.45) is 0. The third kappa shape index (κ3) is 2.69. The summed E-state index contributed by atoms with van der Waals surface area (Å²) < 4.78 is 6.22. The van der Waals surface area contributed by atoms with Crippen LogP contribution in [0.4, 0.5) is 0 Å². The van der Waals surface area contributed by atoms with Gasteiger partial charge >= 0.3 is 5.97 Å². The maximum absolute atomic E-state index is 11.5. The molecule has 0 spiro atoms. The van der Waals surface area contributed by atoms with Crippen molar-refractivity contribution in [3.63, 3.8) is 0 Å². The van der Waals surface area contributed by atoms with E-state index in [4.69, 9.17) is 10.00 Å². The first-order valence-electron chi connectivity index (χ1n) is 4.17. The molecule has 3 nitrogen and oxygen atoms in total. The molecule has 1 rings (SSSR count). The molecule has 1 aromatic carbocycles. The van der Waals surface area contributed by atoms with Crippen molar-refractivity contribution in [2.24, 2.45) is 0 Å². The molecule has 78 valence electrons. The minimum atomic E-state index is -0.368. The van der Waals surface area contributed by atoms with Crippen molar-refractivity contribution in [3.05, 3.63) is 31.3 Å². The first-order valence-corrected chi connectivity index (χ1v) is 6.04. The minimum absolute atomic E-state index is 0.340. The van der Waals surface area contributed by atoms with Crippen molar-refractivity contribution in [1.82, 2.24) is 0 Å². The van der Waals surface area contributed by atoms with Crippen LogP contribution >= 0.6 is 38.5 Å². The zero-order chi connectivity index (χ0) is 11.4. The number of hydrogen-bond donors (Lipinski definition) is 0. The average molecular weight is 380 g/mol. The van der Waals surface area contributed by atoms with Gasteiger partial charge in [0, 0.05) is 8.04 Å². The number of carbonyl (C=O) groups excluding carboxylic acids is 1. The van der Waals surface area contributed by atoms with Crippen LogP contribution < -0.4 is 0 Å². The molecule has 0 aliphatic heterocycles. The van der Waals surface area contributed by atoms with Crippen LogP contribution in [0.2, 0.25) is 0 Å². The van der Waals surface area contributed by atoms with E-state index in [0.717, 1.165) is 0 Å². The van der Waals surface area contributed by atoms with Gasteiger partial charge in [-0.05, 0) is 57.6 Å². The van der Waals surface area contributed by atoms with Gasteiger partial charge in [-0.1, -0.05) is 0 Å². The van der Waals surface area contributed by atoms with Gasteiger partial charge in [0.15, 0.2) is 0 Å². The average Bonchev–Trinajstić information content (AvgIpc) is 2.22. The zero-order valence-electron chi connectivity index (χ0n) is 7.88. The number of benzene rings is 1. The van der Waals surface area contributed by atoms with Crippen LogP contribution in [-0.2, 0) is 4.74 Å². The van der Waals surface area contributed by atoms with E-state index in [-0.39, 0.29) is 5.97 Å². The summed E-state index contributed by atoms with van der Waals surface area (Å²) >= 11 is 5.28. The Bertz CT molecular complexity index is 440. The fourth-order valence-electron chi connectivity index (χ4n) is 1.00. The van der Waals surface area contributed by atoms with E-state index in [1.807, 2.05) is 28.7 Å². The van der Waals surface area contributed by atoms with Crippen molar-refractivity contribution in [1.29, 1.82) is 5.26 Å². The normalized spacial score (nSPS) is 9.47. The predicted octanol–water partition coefficient (Wildman–Crippen LogP) is 3.10. The van der Waals surface area contributed by atoms with Crippen LogP contribution in [-0.4, -0.2) is 12.6 Å². The van der Waals surface area contributed by atoms with Gasteiger partial charge in [-0.25, -0.2) is 4.79 Å². The summed E-state index contributed by atoms with van der Waals surface area (Å²) in [4.78, 5) is 11.5. The molecule has 5 heteroatoms. The Morgan fingerprint density at radius 1 is 1.67 bits per heavy atom. The molecule has 0 saturated heterocycles. The van der Waals surface area contributed by atoms with Gasteiger partial charge in [-0.2, -0.15) is 5.26 Å². The second-order valence-corrected chi connectivity index (χ2v) is 4.49. The lowest BCUT2D eigenvalue weighted by atomic mass is 10.1. The molecule has 0 aliphatic rings. The van der Waals surface area contributed by atoms with Crippen LogP contribution in [0.3, 0.4) is 0 Å². The number of hydrogen-bond acceptors (Lipinski definition) is 3. The number of nitrogens with zero attached hydrogens (tertiary/aromatic N) is 1. The monoisotopic (exact) mass is 379 g/mol. The fraction of sp³-hybridized carbons (Fsp3) is 0.200. The molecule has 0 bridgehead atoms. The Labute approximate surface area is 110 Å². The first kappa shape index (κ1) is 12.5. The van der Waals surface area contributed by atoms with Crippen LogP contribution in [0.5, 0.6) is 0 Å². The van der Waals surface area contributed by atoms with E-state index in [0.29, 0.717) is 25.8 Å². The van der Waals surface area contributed by atoms with E-state index in [1.54, 1.807) is 19.1 Å². The maximum Gasteiger partial charge on any atom is 0.339 e. The summed E-state index contributed by atoms with van der Waals surface area (Å²) in [5.41, 5.74) is 0.982. The minimum Gasteiger partial charge on any atom is -0.462 e. The molecule has 0 atom stereocenters. The molecule has 0 unspecified atom stereocenters. The molecule has 0 fully saturated rings. The predicted molar refractivity (Wildman–Crippen MR) is 67.5 cm³/mol. The third-order valence-corrected chi connectivity index (χ3v) is 4.38. The Morgan fingerprint density at radius 3 is 2.87 bits per heavy atom. The molecular formula is C10H7BrINO2. The number of ether oxygens (including phenoxy) is 1. The third-order valence-electron chi connectivity index (χ3n) is 1.70. The van der Waals surface area contributed by atoms with Crippen LogP contribution in [0.25, 0.3) is 0 Å². The van der Waals surface area contributed by atoms with E-state index >= 15 is 0 Å². The largest absolute Gasteiger partial charge is 0.462 e. The van der Waals surface area contributed by atoms with Crippen LogP contribution in [0.15, 0.2) is 16.6 Å².